The molecule has 3 rings (SSSR count). The SMILES string of the molecule is COc1ccc2cc(-n3cccn3)sc2c1. The molecule has 0 aliphatic heterocycles. The molecule has 0 unspecified atom stereocenters. The van der Waals surface area contributed by atoms with Gasteiger partial charge in [0.25, 0.3) is 0 Å². The molecule has 0 atom stereocenters. The zero-order chi connectivity index (χ0) is 11.0. The zero-order valence-corrected chi connectivity index (χ0v) is 9.57. The van der Waals surface area contributed by atoms with E-state index in [0.717, 1.165) is 10.8 Å². The predicted molar refractivity (Wildman–Crippen MR) is 65.5 cm³/mol. The summed E-state index contributed by atoms with van der Waals surface area (Å²) in [5, 5.41) is 6.56. The minimum Gasteiger partial charge on any atom is -0.497 e. The largest absolute Gasteiger partial charge is 0.497 e. The lowest BCUT2D eigenvalue weighted by Crippen LogP contribution is -1.88. The second kappa shape index (κ2) is 3.64. The molecule has 0 saturated carbocycles. The summed E-state index contributed by atoms with van der Waals surface area (Å²) >= 11 is 1.70. The lowest BCUT2D eigenvalue weighted by molar-refractivity contribution is 0.415. The van der Waals surface area contributed by atoms with Crippen molar-refractivity contribution in [2.24, 2.45) is 0 Å². The molecule has 0 bridgehead atoms. The van der Waals surface area contributed by atoms with Gasteiger partial charge < -0.3 is 4.74 Å². The first-order chi connectivity index (χ1) is 7.86. The van der Waals surface area contributed by atoms with Crippen LogP contribution in [-0.2, 0) is 0 Å². The Kier molecular flexibility index (Phi) is 2.15. The van der Waals surface area contributed by atoms with Crippen molar-refractivity contribution in [3.05, 3.63) is 42.7 Å². The first-order valence-corrected chi connectivity index (χ1v) is 5.76. The fourth-order valence-corrected chi connectivity index (χ4v) is 2.67. The Morgan fingerprint density at radius 2 is 2.25 bits per heavy atom. The standard InChI is InChI=1S/C12H10N2OS/c1-15-10-4-3-9-7-12(16-11(9)8-10)14-6-2-5-13-14/h2-8H,1H3. The third-order valence-electron chi connectivity index (χ3n) is 2.44. The van der Waals surface area contributed by atoms with E-state index in [2.05, 4.69) is 17.2 Å². The lowest BCUT2D eigenvalue weighted by Gasteiger charge is -1.97. The fraction of sp³-hybridized carbons (Fsp3) is 0.0833. The van der Waals surface area contributed by atoms with Crippen molar-refractivity contribution in [1.29, 1.82) is 0 Å². The van der Waals surface area contributed by atoms with E-state index in [0.29, 0.717) is 0 Å². The average Bonchev–Trinajstić information content (AvgIpc) is 2.96. The molecular formula is C12H10N2OS. The lowest BCUT2D eigenvalue weighted by atomic mass is 10.2. The van der Waals surface area contributed by atoms with Crippen molar-refractivity contribution < 1.29 is 4.74 Å². The van der Waals surface area contributed by atoms with Gasteiger partial charge >= 0.3 is 0 Å². The van der Waals surface area contributed by atoms with E-state index in [1.165, 1.54) is 10.1 Å². The number of fused-ring (bicyclic) bond motifs is 1. The summed E-state index contributed by atoms with van der Waals surface area (Å²) in [6.45, 7) is 0. The van der Waals surface area contributed by atoms with Crippen LogP contribution in [0.5, 0.6) is 5.75 Å². The van der Waals surface area contributed by atoms with Crippen molar-refractivity contribution in [1.82, 2.24) is 9.78 Å². The van der Waals surface area contributed by atoms with E-state index in [1.807, 2.05) is 29.1 Å². The number of benzene rings is 1. The Morgan fingerprint density at radius 3 is 3.00 bits per heavy atom. The van der Waals surface area contributed by atoms with Gasteiger partial charge in [0.2, 0.25) is 0 Å². The molecule has 0 aliphatic rings. The maximum Gasteiger partial charge on any atom is 0.120 e. The number of nitrogens with zero attached hydrogens (tertiary/aromatic N) is 2. The summed E-state index contributed by atoms with van der Waals surface area (Å²) < 4.78 is 8.29. The smallest absolute Gasteiger partial charge is 0.120 e. The second-order valence-electron chi connectivity index (χ2n) is 3.44. The van der Waals surface area contributed by atoms with Gasteiger partial charge in [-0.3, -0.25) is 0 Å². The highest BCUT2D eigenvalue weighted by molar-refractivity contribution is 7.21. The third kappa shape index (κ3) is 1.47. The number of hydrogen-bond donors (Lipinski definition) is 0. The summed E-state index contributed by atoms with van der Waals surface area (Å²) in [5.41, 5.74) is 0. The van der Waals surface area contributed by atoms with Crippen LogP contribution >= 0.6 is 11.3 Å². The van der Waals surface area contributed by atoms with Crippen LogP contribution in [0.3, 0.4) is 0 Å². The fourth-order valence-electron chi connectivity index (χ4n) is 1.64. The molecule has 4 heteroatoms. The van der Waals surface area contributed by atoms with Crippen LogP contribution in [0.1, 0.15) is 0 Å². The Morgan fingerprint density at radius 1 is 1.31 bits per heavy atom. The van der Waals surface area contributed by atoms with Crippen molar-refractivity contribution in [2.45, 2.75) is 0 Å². The Bertz CT molecular complexity index is 613. The molecule has 1 aromatic carbocycles. The first-order valence-electron chi connectivity index (χ1n) is 4.94. The summed E-state index contributed by atoms with van der Waals surface area (Å²) in [6.07, 6.45) is 3.73. The highest BCUT2D eigenvalue weighted by Gasteiger charge is 2.04. The molecule has 16 heavy (non-hydrogen) atoms. The maximum atomic E-state index is 5.21. The van der Waals surface area contributed by atoms with Gasteiger partial charge in [0.1, 0.15) is 10.8 Å². The van der Waals surface area contributed by atoms with Gasteiger partial charge in [0, 0.05) is 17.1 Å². The number of rotatable bonds is 2. The molecule has 2 heterocycles. The van der Waals surface area contributed by atoms with E-state index < -0.39 is 0 Å². The molecule has 0 fully saturated rings. The van der Waals surface area contributed by atoms with Gasteiger partial charge in [-0.05, 0) is 35.7 Å². The summed E-state index contributed by atoms with van der Waals surface area (Å²) in [6, 6.07) is 10.1. The van der Waals surface area contributed by atoms with Crippen LogP contribution < -0.4 is 4.74 Å². The molecule has 3 aromatic rings. The summed E-state index contributed by atoms with van der Waals surface area (Å²) in [7, 11) is 1.68. The molecule has 80 valence electrons. The van der Waals surface area contributed by atoms with Gasteiger partial charge in [-0.25, -0.2) is 4.68 Å². The zero-order valence-electron chi connectivity index (χ0n) is 8.75. The Balaban J connectivity index is 2.16. The minimum absolute atomic E-state index is 0.890. The molecule has 0 saturated heterocycles. The molecule has 0 radical (unpaired) electrons. The molecule has 0 N–H and O–H groups in total. The number of hydrogen-bond acceptors (Lipinski definition) is 3. The average molecular weight is 230 g/mol. The van der Waals surface area contributed by atoms with Crippen LogP contribution in [0.4, 0.5) is 0 Å². The van der Waals surface area contributed by atoms with Crippen LogP contribution in [0, 0.1) is 0 Å². The Labute approximate surface area is 96.9 Å². The highest BCUT2D eigenvalue weighted by atomic mass is 32.1. The van der Waals surface area contributed by atoms with Crippen molar-refractivity contribution in [3.8, 4) is 10.8 Å². The quantitative estimate of drug-likeness (QED) is 0.676. The molecule has 2 aromatic heterocycles. The van der Waals surface area contributed by atoms with Crippen LogP contribution in [-0.4, -0.2) is 16.9 Å². The van der Waals surface area contributed by atoms with Crippen molar-refractivity contribution in [2.75, 3.05) is 7.11 Å². The normalized spacial score (nSPS) is 10.8. The van der Waals surface area contributed by atoms with E-state index in [1.54, 1.807) is 24.6 Å². The molecule has 0 amide bonds. The van der Waals surface area contributed by atoms with Gasteiger partial charge in [0.05, 0.1) is 7.11 Å². The summed E-state index contributed by atoms with van der Waals surface area (Å²) in [4.78, 5) is 0. The van der Waals surface area contributed by atoms with E-state index in [-0.39, 0.29) is 0 Å². The van der Waals surface area contributed by atoms with Crippen molar-refractivity contribution in [3.63, 3.8) is 0 Å². The van der Waals surface area contributed by atoms with Gasteiger partial charge in [0.15, 0.2) is 0 Å². The van der Waals surface area contributed by atoms with Crippen LogP contribution in [0.15, 0.2) is 42.7 Å². The highest BCUT2D eigenvalue weighted by Crippen LogP contribution is 2.30. The van der Waals surface area contributed by atoms with Gasteiger partial charge in [-0.2, -0.15) is 5.10 Å². The molecule has 0 aliphatic carbocycles. The van der Waals surface area contributed by atoms with Crippen LogP contribution in [0.2, 0.25) is 0 Å². The van der Waals surface area contributed by atoms with Gasteiger partial charge in [-0.1, -0.05) is 0 Å². The molecule has 0 spiro atoms. The van der Waals surface area contributed by atoms with E-state index >= 15 is 0 Å². The maximum absolute atomic E-state index is 5.21. The minimum atomic E-state index is 0.890. The number of aromatic nitrogens is 2. The van der Waals surface area contributed by atoms with Crippen LogP contribution in [0.25, 0.3) is 15.1 Å². The van der Waals surface area contributed by atoms with E-state index in [4.69, 9.17) is 4.74 Å². The first kappa shape index (κ1) is 9.42. The molecule has 3 nitrogen and oxygen atoms in total. The summed E-state index contributed by atoms with van der Waals surface area (Å²) in [5.74, 6) is 0.890. The topological polar surface area (TPSA) is 27.1 Å². The second-order valence-corrected chi connectivity index (χ2v) is 4.50. The molecular weight excluding hydrogens is 220 g/mol. The monoisotopic (exact) mass is 230 g/mol. The third-order valence-corrected chi connectivity index (χ3v) is 3.53. The van der Waals surface area contributed by atoms with E-state index in [9.17, 15) is 0 Å². The van der Waals surface area contributed by atoms with Crippen molar-refractivity contribution >= 4 is 21.4 Å². The number of thiophene rings is 1. The number of ether oxygens (including phenoxy) is 1. The Hall–Kier alpha value is -1.81. The predicted octanol–water partition coefficient (Wildman–Crippen LogP) is 3.10. The van der Waals surface area contributed by atoms with Gasteiger partial charge in [-0.15, -0.1) is 11.3 Å². The number of methoxy groups -OCH3 is 1.